The highest BCUT2D eigenvalue weighted by atomic mass is 35.5. The Hall–Kier alpha value is -2.37. The zero-order chi connectivity index (χ0) is 18.1. The van der Waals surface area contributed by atoms with E-state index in [1.807, 2.05) is 24.4 Å². The van der Waals surface area contributed by atoms with Crippen LogP contribution in [0, 0.1) is 0 Å². The van der Waals surface area contributed by atoms with Crippen LogP contribution < -0.4 is 10.6 Å². The predicted molar refractivity (Wildman–Crippen MR) is 105 cm³/mol. The van der Waals surface area contributed by atoms with Gasteiger partial charge < -0.3 is 15.2 Å². The average molecular weight is 369 g/mol. The van der Waals surface area contributed by atoms with Crippen LogP contribution in [0.1, 0.15) is 23.7 Å². The quantitative estimate of drug-likeness (QED) is 0.740. The minimum atomic E-state index is -0.108. The van der Waals surface area contributed by atoms with E-state index in [-0.39, 0.29) is 5.91 Å². The Morgan fingerprint density at radius 1 is 1.35 bits per heavy atom. The lowest BCUT2D eigenvalue weighted by Gasteiger charge is -2.17. The van der Waals surface area contributed by atoms with Gasteiger partial charge in [-0.05, 0) is 41.8 Å². The molecule has 0 saturated carbocycles. The summed E-state index contributed by atoms with van der Waals surface area (Å²) in [4.78, 5) is 15.4. The molecule has 5 nitrogen and oxygen atoms in total. The van der Waals surface area contributed by atoms with E-state index >= 15 is 0 Å². The first-order chi connectivity index (χ1) is 12.6. The van der Waals surface area contributed by atoms with E-state index in [1.165, 1.54) is 29.1 Å². The highest BCUT2D eigenvalue weighted by molar-refractivity contribution is 6.31. The summed E-state index contributed by atoms with van der Waals surface area (Å²) in [7, 11) is 0. The summed E-state index contributed by atoms with van der Waals surface area (Å²) in [5.41, 5.74) is 5.17. The van der Waals surface area contributed by atoms with Gasteiger partial charge in [-0.1, -0.05) is 17.7 Å². The molecule has 4 rings (SSSR count). The zero-order valence-electron chi connectivity index (χ0n) is 14.7. The maximum Gasteiger partial charge on any atom is 0.222 e. The number of amides is 1. The van der Waals surface area contributed by atoms with Crippen molar-refractivity contribution in [3.05, 3.63) is 58.4 Å². The molecular weight excluding hydrogens is 348 g/mol. The van der Waals surface area contributed by atoms with Crippen LogP contribution in [0.5, 0.6) is 0 Å². The van der Waals surface area contributed by atoms with Crippen molar-refractivity contribution in [1.29, 1.82) is 0 Å². The molecule has 1 aromatic carbocycles. The standard InChI is InChI=1S/C20H21ClN4O/c1-13(26)24-20-5-2-14(11-23-20)7-9-25-18-4-3-15(21)10-16(18)17-12-22-8-6-19(17)25/h2-5,10-11,22H,6-9,12H2,1H3,(H,23,24,26). The highest BCUT2D eigenvalue weighted by Crippen LogP contribution is 2.31. The third kappa shape index (κ3) is 3.32. The fourth-order valence-electron chi connectivity index (χ4n) is 3.68. The molecular formula is C20H21ClN4O. The van der Waals surface area contributed by atoms with Crippen LogP contribution in [0.25, 0.3) is 10.9 Å². The van der Waals surface area contributed by atoms with Crippen LogP contribution in [0.4, 0.5) is 5.82 Å². The third-order valence-corrected chi connectivity index (χ3v) is 5.08. The number of halogens is 1. The molecule has 0 bridgehead atoms. The van der Waals surface area contributed by atoms with Crippen molar-refractivity contribution in [3.63, 3.8) is 0 Å². The van der Waals surface area contributed by atoms with Crippen LogP contribution in [-0.4, -0.2) is 22.0 Å². The largest absolute Gasteiger partial charge is 0.344 e. The maximum absolute atomic E-state index is 11.1. The predicted octanol–water partition coefficient (Wildman–Crippen LogP) is 3.54. The summed E-state index contributed by atoms with van der Waals surface area (Å²) >= 11 is 6.23. The summed E-state index contributed by atoms with van der Waals surface area (Å²) in [6.07, 6.45) is 3.75. The van der Waals surface area contributed by atoms with Gasteiger partial charge in [0, 0.05) is 60.8 Å². The van der Waals surface area contributed by atoms with Gasteiger partial charge in [-0.25, -0.2) is 4.98 Å². The molecule has 2 aromatic heterocycles. The second-order valence-corrected chi connectivity index (χ2v) is 7.08. The number of anilines is 1. The molecule has 1 amide bonds. The molecule has 0 aliphatic carbocycles. The number of carbonyl (C=O) groups is 1. The second-order valence-electron chi connectivity index (χ2n) is 6.65. The molecule has 3 aromatic rings. The molecule has 6 heteroatoms. The van der Waals surface area contributed by atoms with Crippen LogP contribution in [-0.2, 0) is 30.7 Å². The van der Waals surface area contributed by atoms with Crippen LogP contribution in [0.15, 0.2) is 36.5 Å². The Labute approximate surface area is 157 Å². The molecule has 0 unspecified atom stereocenters. The number of pyridine rings is 1. The van der Waals surface area contributed by atoms with Crippen molar-refractivity contribution in [2.45, 2.75) is 32.9 Å². The van der Waals surface area contributed by atoms with Crippen molar-refractivity contribution in [2.24, 2.45) is 0 Å². The molecule has 26 heavy (non-hydrogen) atoms. The summed E-state index contributed by atoms with van der Waals surface area (Å²) in [6, 6.07) is 10.0. The Morgan fingerprint density at radius 2 is 2.23 bits per heavy atom. The average Bonchev–Trinajstić information content (AvgIpc) is 2.94. The molecule has 0 spiro atoms. The van der Waals surface area contributed by atoms with E-state index in [2.05, 4.69) is 32.3 Å². The van der Waals surface area contributed by atoms with Crippen molar-refractivity contribution >= 4 is 34.2 Å². The number of aryl methyl sites for hydroxylation is 2. The summed E-state index contributed by atoms with van der Waals surface area (Å²) in [5.74, 6) is 0.480. The molecule has 0 radical (unpaired) electrons. The number of carbonyl (C=O) groups excluding carboxylic acids is 1. The normalized spacial score (nSPS) is 13.6. The minimum Gasteiger partial charge on any atom is -0.344 e. The van der Waals surface area contributed by atoms with E-state index in [0.29, 0.717) is 5.82 Å². The molecule has 0 fully saturated rings. The van der Waals surface area contributed by atoms with E-state index in [9.17, 15) is 4.79 Å². The van der Waals surface area contributed by atoms with Crippen LogP contribution in [0.3, 0.4) is 0 Å². The van der Waals surface area contributed by atoms with E-state index in [4.69, 9.17) is 11.6 Å². The van der Waals surface area contributed by atoms with Gasteiger partial charge in [0.15, 0.2) is 0 Å². The molecule has 3 heterocycles. The number of hydrogen-bond acceptors (Lipinski definition) is 3. The monoisotopic (exact) mass is 368 g/mol. The molecule has 1 aliphatic heterocycles. The van der Waals surface area contributed by atoms with E-state index < -0.39 is 0 Å². The van der Waals surface area contributed by atoms with Gasteiger partial charge in [0.1, 0.15) is 5.82 Å². The van der Waals surface area contributed by atoms with Crippen LogP contribution >= 0.6 is 11.6 Å². The summed E-state index contributed by atoms with van der Waals surface area (Å²) in [6.45, 7) is 4.28. The lowest BCUT2D eigenvalue weighted by Crippen LogP contribution is -2.24. The SMILES string of the molecule is CC(=O)Nc1ccc(CCn2c3c(c4cc(Cl)ccc42)CNCC3)cn1. The van der Waals surface area contributed by atoms with Gasteiger partial charge in [-0.2, -0.15) is 0 Å². The van der Waals surface area contributed by atoms with Crippen molar-refractivity contribution in [3.8, 4) is 0 Å². The number of benzene rings is 1. The zero-order valence-corrected chi connectivity index (χ0v) is 15.4. The minimum absolute atomic E-state index is 0.108. The first-order valence-corrected chi connectivity index (χ1v) is 9.22. The first-order valence-electron chi connectivity index (χ1n) is 8.84. The van der Waals surface area contributed by atoms with Crippen molar-refractivity contribution < 1.29 is 4.79 Å². The van der Waals surface area contributed by atoms with E-state index in [1.54, 1.807) is 0 Å². The van der Waals surface area contributed by atoms with Gasteiger partial charge in [0.25, 0.3) is 0 Å². The number of aromatic nitrogens is 2. The summed E-state index contributed by atoms with van der Waals surface area (Å²) in [5, 5.41) is 8.19. The van der Waals surface area contributed by atoms with Crippen molar-refractivity contribution in [1.82, 2.24) is 14.9 Å². The molecule has 2 N–H and O–H groups in total. The lowest BCUT2D eigenvalue weighted by molar-refractivity contribution is -0.114. The van der Waals surface area contributed by atoms with Crippen molar-refractivity contribution in [2.75, 3.05) is 11.9 Å². The van der Waals surface area contributed by atoms with Gasteiger partial charge >= 0.3 is 0 Å². The molecule has 0 atom stereocenters. The summed E-state index contributed by atoms with van der Waals surface area (Å²) < 4.78 is 2.42. The third-order valence-electron chi connectivity index (χ3n) is 4.84. The Balaban J connectivity index is 1.60. The number of nitrogens with zero attached hydrogens (tertiary/aromatic N) is 2. The molecule has 0 saturated heterocycles. The number of fused-ring (bicyclic) bond motifs is 3. The fourth-order valence-corrected chi connectivity index (χ4v) is 3.85. The van der Waals surface area contributed by atoms with Gasteiger partial charge in [-0.15, -0.1) is 0 Å². The van der Waals surface area contributed by atoms with Crippen LogP contribution in [0.2, 0.25) is 5.02 Å². The number of nitrogens with one attached hydrogen (secondary N) is 2. The van der Waals surface area contributed by atoms with Gasteiger partial charge in [-0.3, -0.25) is 4.79 Å². The molecule has 1 aliphatic rings. The fraction of sp³-hybridized carbons (Fsp3) is 0.300. The first kappa shape index (κ1) is 17.1. The Morgan fingerprint density at radius 3 is 3.00 bits per heavy atom. The van der Waals surface area contributed by atoms with Gasteiger partial charge in [0.05, 0.1) is 0 Å². The maximum atomic E-state index is 11.1. The number of rotatable bonds is 4. The Kier molecular flexibility index (Phi) is 4.66. The Bertz CT molecular complexity index is 962. The topological polar surface area (TPSA) is 59.0 Å². The second kappa shape index (κ2) is 7.09. The highest BCUT2D eigenvalue weighted by Gasteiger charge is 2.19. The van der Waals surface area contributed by atoms with E-state index in [0.717, 1.165) is 43.1 Å². The smallest absolute Gasteiger partial charge is 0.222 e. The lowest BCUT2D eigenvalue weighted by atomic mass is 10.1. The molecule has 134 valence electrons. The number of hydrogen-bond donors (Lipinski definition) is 2. The van der Waals surface area contributed by atoms with Gasteiger partial charge in [0.2, 0.25) is 5.91 Å².